The molecule has 0 saturated carbocycles. The molecular weight excluding hydrogens is 414 g/mol. The van der Waals surface area contributed by atoms with Gasteiger partial charge in [-0.2, -0.15) is 0 Å². The number of halogens is 2. The number of hydrogen-bond donors (Lipinski definition) is 0. The maximum Gasteiger partial charge on any atom is 0.115 e. The predicted octanol–water partition coefficient (Wildman–Crippen LogP) is 4.62. The third-order valence-corrected chi connectivity index (χ3v) is 6.50. The summed E-state index contributed by atoms with van der Waals surface area (Å²) in [6, 6.07) is 10.4. The third kappa shape index (κ3) is 2.24. The zero-order valence-corrected chi connectivity index (χ0v) is 12.9. The molecule has 1 unspecified atom stereocenters. The van der Waals surface area contributed by atoms with Crippen molar-refractivity contribution in [1.29, 1.82) is 0 Å². The van der Waals surface area contributed by atoms with Gasteiger partial charge in [0, 0.05) is 7.16 Å². The van der Waals surface area contributed by atoms with Crippen molar-refractivity contribution in [2.75, 3.05) is 0 Å². The van der Waals surface area contributed by atoms with Crippen LogP contribution in [0.15, 0.2) is 37.5 Å². The molecule has 0 bridgehead atoms. The summed E-state index contributed by atoms with van der Waals surface area (Å²) in [5.41, 5.74) is 1.10. The van der Waals surface area contributed by atoms with Gasteiger partial charge in [0.25, 0.3) is 0 Å². The lowest BCUT2D eigenvalue weighted by molar-refractivity contribution is -0.000547. The Bertz CT molecular complexity index is 395. The Hall–Kier alpha value is 0.380. The van der Waals surface area contributed by atoms with Crippen molar-refractivity contribution in [2.24, 2.45) is 0 Å². The van der Waals surface area contributed by atoms with E-state index in [-0.39, 0.29) is 11.7 Å². The summed E-state index contributed by atoms with van der Waals surface area (Å²) in [7, 11) is 0. The van der Waals surface area contributed by atoms with Crippen LogP contribution < -0.4 is 0 Å². The van der Waals surface area contributed by atoms with E-state index in [2.05, 4.69) is 83.3 Å². The number of benzene rings is 1. The highest BCUT2D eigenvalue weighted by atomic mass is 127. The topological polar surface area (TPSA) is 9.23 Å². The minimum absolute atomic E-state index is 0.119. The van der Waals surface area contributed by atoms with Gasteiger partial charge in [0.2, 0.25) is 0 Å². The van der Waals surface area contributed by atoms with Crippen molar-refractivity contribution in [3.05, 3.63) is 43.1 Å². The highest BCUT2D eigenvalue weighted by Crippen LogP contribution is 2.49. The van der Waals surface area contributed by atoms with E-state index in [0.717, 1.165) is 0 Å². The minimum atomic E-state index is -0.141. The van der Waals surface area contributed by atoms with Gasteiger partial charge < -0.3 is 4.74 Å². The lowest BCUT2D eigenvalue weighted by Gasteiger charge is -2.21. The largest absolute Gasteiger partial charge is 0.357 e. The Kier molecular flexibility index (Phi) is 3.42. The zero-order chi connectivity index (χ0) is 11.1. The standard InChI is InChI=1S/C12H12I2O/c1-12(2)11(14)9(13)10(15-12)8-6-4-3-5-7-8/h3-7,10H,1-2H3. The minimum Gasteiger partial charge on any atom is -0.357 e. The summed E-state index contributed by atoms with van der Waals surface area (Å²) < 4.78 is 8.69. The van der Waals surface area contributed by atoms with Crippen molar-refractivity contribution >= 4 is 45.2 Å². The molecular formula is C12H12I2O. The van der Waals surface area contributed by atoms with E-state index in [0.29, 0.717) is 0 Å². The van der Waals surface area contributed by atoms with Crippen LogP contribution in [0.4, 0.5) is 0 Å². The lowest BCUT2D eigenvalue weighted by Crippen LogP contribution is -2.20. The summed E-state index contributed by atoms with van der Waals surface area (Å²) in [5.74, 6) is 0. The van der Waals surface area contributed by atoms with E-state index in [1.807, 2.05) is 6.07 Å². The molecule has 0 radical (unpaired) electrons. The van der Waals surface area contributed by atoms with Crippen LogP contribution in [0.25, 0.3) is 0 Å². The maximum atomic E-state index is 6.07. The van der Waals surface area contributed by atoms with E-state index in [4.69, 9.17) is 4.74 Å². The molecule has 0 aromatic heterocycles. The molecule has 0 amide bonds. The van der Waals surface area contributed by atoms with Gasteiger partial charge in [0.15, 0.2) is 0 Å². The quantitative estimate of drug-likeness (QED) is 0.596. The number of ether oxygens (including phenoxy) is 1. The van der Waals surface area contributed by atoms with Crippen LogP contribution in [0.5, 0.6) is 0 Å². The van der Waals surface area contributed by atoms with E-state index in [9.17, 15) is 0 Å². The molecule has 15 heavy (non-hydrogen) atoms. The third-order valence-electron chi connectivity index (χ3n) is 2.48. The fraction of sp³-hybridized carbons (Fsp3) is 0.333. The first kappa shape index (κ1) is 11.9. The van der Waals surface area contributed by atoms with Crippen LogP contribution in [0.2, 0.25) is 0 Å². The Labute approximate surface area is 118 Å². The Morgan fingerprint density at radius 1 is 1.13 bits per heavy atom. The molecule has 1 aromatic carbocycles. The lowest BCUT2D eigenvalue weighted by atomic mass is 10.1. The number of rotatable bonds is 1. The normalized spacial score (nSPS) is 24.7. The molecule has 80 valence electrons. The SMILES string of the molecule is CC1(C)OC(c2ccccc2)C(I)=C1I. The first-order valence-electron chi connectivity index (χ1n) is 4.81. The molecule has 1 heterocycles. The summed E-state index contributed by atoms with van der Waals surface area (Å²) >= 11 is 4.79. The van der Waals surface area contributed by atoms with Gasteiger partial charge in [-0.15, -0.1) is 0 Å². The second-order valence-electron chi connectivity index (χ2n) is 4.08. The Morgan fingerprint density at radius 2 is 1.73 bits per heavy atom. The second-order valence-corrected chi connectivity index (χ2v) is 6.32. The molecule has 0 N–H and O–H groups in total. The average Bonchev–Trinajstić information content (AvgIpc) is 2.44. The smallest absolute Gasteiger partial charge is 0.115 e. The highest BCUT2D eigenvalue weighted by Gasteiger charge is 2.38. The molecule has 0 aliphatic carbocycles. The molecule has 1 aliphatic heterocycles. The zero-order valence-electron chi connectivity index (χ0n) is 8.63. The fourth-order valence-electron chi connectivity index (χ4n) is 1.64. The Balaban J connectivity index is 2.37. The molecule has 2 rings (SSSR count). The molecule has 1 aromatic rings. The van der Waals surface area contributed by atoms with Crippen LogP contribution in [-0.4, -0.2) is 5.60 Å². The van der Waals surface area contributed by atoms with Gasteiger partial charge in [-0.3, -0.25) is 0 Å². The summed E-state index contributed by atoms with van der Waals surface area (Å²) in [4.78, 5) is 0. The fourth-order valence-corrected chi connectivity index (χ4v) is 3.19. The van der Waals surface area contributed by atoms with Gasteiger partial charge in [0.1, 0.15) is 6.10 Å². The summed E-state index contributed by atoms with van der Waals surface area (Å²) in [5, 5.41) is 0. The molecule has 0 spiro atoms. The predicted molar refractivity (Wildman–Crippen MR) is 79.4 cm³/mol. The van der Waals surface area contributed by atoms with E-state index < -0.39 is 0 Å². The first-order valence-corrected chi connectivity index (χ1v) is 6.96. The average molecular weight is 426 g/mol. The van der Waals surface area contributed by atoms with Crippen LogP contribution in [0, 0.1) is 0 Å². The van der Waals surface area contributed by atoms with Crippen LogP contribution in [-0.2, 0) is 4.74 Å². The first-order chi connectivity index (χ1) is 7.02. The molecule has 0 fully saturated rings. The van der Waals surface area contributed by atoms with Crippen molar-refractivity contribution in [3.63, 3.8) is 0 Å². The Morgan fingerprint density at radius 3 is 2.20 bits per heavy atom. The van der Waals surface area contributed by atoms with Crippen molar-refractivity contribution in [3.8, 4) is 0 Å². The molecule has 1 atom stereocenters. The van der Waals surface area contributed by atoms with Crippen molar-refractivity contribution in [2.45, 2.75) is 25.6 Å². The summed E-state index contributed by atoms with van der Waals surface area (Å²) in [6.07, 6.45) is 0.119. The van der Waals surface area contributed by atoms with Gasteiger partial charge in [-0.25, -0.2) is 0 Å². The molecule has 3 heteroatoms. The molecule has 0 saturated heterocycles. The van der Waals surface area contributed by atoms with Crippen molar-refractivity contribution < 1.29 is 4.74 Å². The molecule has 1 aliphatic rings. The second kappa shape index (κ2) is 4.33. The number of hydrogen-bond acceptors (Lipinski definition) is 1. The van der Waals surface area contributed by atoms with Crippen LogP contribution in [0.1, 0.15) is 25.5 Å². The van der Waals surface area contributed by atoms with Gasteiger partial charge in [-0.05, 0) is 64.6 Å². The van der Waals surface area contributed by atoms with Gasteiger partial charge >= 0.3 is 0 Å². The van der Waals surface area contributed by atoms with Crippen LogP contribution >= 0.6 is 45.2 Å². The van der Waals surface area contributed by atoms with Crippen molar-refractivity contribution in [1.82, 2.24) is 0 Å². The van der Waals surface area contributed by atoms with E-state index >= 15 is 0 Å². The van der Waals surface area contributed by atoms with E-state index in [1.54, 1.807) is 0 Å². The van der Waals surface area contributed by atoms with E-state index in [1.165, 1.54) is 12.7 Å². The van der Waals surface area contributed by atoms with Crippen LogP contribution in [0.3, 0.4) is 0 Å². The van der Waals surface area contributed by atoms with Gasteiger partial charge in [-0.1, -0.05) is 30.3 Å². The summed E-state index contributed by atoms with van der Waals surface area (Å²) in [6.45, 7) is 4.24. The highest BCUT2D eigenvalue weighted by molar-refractivity contribution is 14.1. The maximum absolute atomic E-state index is 6.07. The van der Waals surface area contributed by atoms with Gasteiger partial charge in [0.05, 0.1) is 5.60 Å². The monoisotopic (exact) mass is 426 g/mol. The molecule has 1 nitrogen and oxygen atoms in total.